The average Bonchev–Trinajstić information content (AvgIpc) is 3.09. The molecule has 1 saturated heterocycles. The molecule has 1 fully saturated rings. The van der Waals surface area contributed by atoms with E-state index in [0.29, 0.717) is 48.7 Å². The largest absolute Gasteiger partial charge is 0.444 e. The monoisotopic (exact) mass is 399 g/mol. The van der Waals surface area contributed by atoms with E-state index < -0.39 is 6.09 Å². The smallest absolute Gasteiger partial charge is 0.404 e. The lowest BCUT2D eigenvalue weighted by Crippen LogP contribution is -2.39. The van der Waals surface area contributed by atoms with Crippen LogP contribution in [0, 0.1) is 0 Å². The van der Waals surface area contributed by atoms with Gasteiger partial charge in [0.1, 0.15) is 11.9 Å². The molecule has 154 valence electrons. The van der Waals surface area contributed by atoms with Crippen LogP contribution in [0.5, 0.6) is 0 Å². The topological polar surface area (TPSA) is 133 Å². The molecule has 0 saturated carbocycles. The molecule has 1 unspecified atom stereocenters. The molecule has 0 bridgehead atoms. The number of nitrogen functional groups attached to an aromatic ring is 1. The van der Waals surface area contributed by atoms with Gasteiger partial charge in [0.2, 0.25) is 0 Å². The number of carbonyl (C=O) groups is 2. The number of benzene rings is 1. The number of amides is 2. The third-order valence-electron chi connectivity index (χ3n) is 4.88. The Morgan fingerprint density at radius 1 is 1.28 bits per heavy atom. The first-order chi connectivity index (χ1) is 14.0. The van der Waals surface area contributed by atoms with Crippen molar-refractivity contribution in [3.05, 3.63) is 48.2 Å². The van der Waals surface area contributed by atoms with Gasteiger partial charge >= 0.3 is 6.09 Å². The number of primary amides is 1. The summed E-state index contributed by atoms with van der Waals surface area (Å²) in [6, 6.07) is 10.4. The molecular formula is C20H25N5O4. The molecule has 9 nitrogen and oxygen atoms in total. The molecule has 2 atom stereocenters. The Morgan fingerprint density at radius 2 is 2.07 bits per heavy atom. The highest BCUT2D eigenvalue weighted by atomic mass is 16.6. The fourth-order valence-electron chi connectivity index (χ4n) is 3.47. The molecule has 1 aromatic carbocycles. The number of hydrogen-bond acceptors (Lipinski definition) is 7. The first-order valence-electron chi connectivity index (χ1n) is 9.33. The van der Waals surface area contributed by atoms with Crippen molar-refractivity contribution in [1.82, 2.24) is 4.98 Å². The van der Waals surface area contributed by atoms with Crippen molar-refractivity contribution in [1.29, 1.82) is 0 Å². The molecule has 0 spiro atoms. The standard InChI is InChI=1S/C20H25N5O4/c1-28-11-9-16-17(29-20(22)27)8-10-25(16)18-7-6-13(12-23-18)19(26)24-15-5-3-2-4-14(15)21/h2-7,12,16-17H,8-11,21H2,1H3,(H2,22,27)(H,24,26)/t16-,17?/m1/s1. The third-order valence-corrected chi connectivity index (χ3v) is 4.88. The van der Waals surface area contributed by atoms with Crippen molar-refractivity contribution in [2.75, 3.05) is 36.2 Å². The van der Waals surface area contributed by atoms with Gasteiger partial charge in [0.05, 0.1) is 23.0 Å². The molecule has 2 aromatic rings. The summed E-state index contributed by atoms with van der Waals surface area (Å²) in [6.45, 7) is 1.17. The Hall–Kier alpha value is -3.33. The third kappa shape index (κ3) is 4.94. The lowest BCUT2D eigenvalue weighted by Gasteiger charge is -2.28. The maximum atomic E-state index is 12.5. The van der Waals surface area contributed by atoms with E-state index in [1.54, 1.807) is 43.5 Å². The van der Waals surface area contributed by atoms with Crippen molar-refractivity contribution in [3.8, 4) is 0 Å². The molecule has 0 aliphatic carbocycles. The minimum Gasteiger partial charge on any atom is -0.444 e. The summed E-state index contributed by atoms with van der Waals surface area (Å²) < 4.78 is 10.4. The number of nitrogens with two attached hydrogens (primary N) is 2. The number of aromatic nitrogens is 1. The predicted octanol–water partition coefficient (Wildman–Crippen LogP) is 2.00. The van der Waals surface area contributed by atoms with Gasteiger partial charge in [-0.05, 0) is 30.7 Å². The first kappa shape index (κ1) is 20.4. The minimum absolute atomic E-state index is 0.0984. The summed E-state index contributed by atoms with van der Waals surface area (Å²) in [7, 11) is 1.62. The number of methoxy groups -OCH3 is 1. The predicted molar refractivity (Wildman–Crippen MR) is 110 cm³/mol. The van der Waals surface area contributed by atoms with Gasteiger partial charge in [-0.25, -0.2) is 9.78 Å². The molecule has 0 radical (unpaired) electrons. The Bertz CT molecular complexity index is 858. The van der Waals surface area contributed by atoms with Crippen LogP contribution < -0.4 is 21.7 Å². The zero-order valence-electron chi connectivity index (χ0n) is 16.2. The molecule has 1 aliphatic heterocycles. The van der Waals surface area contributed by atoms with Gasteiger partial charge in [-0.2, -0.15) is 0 Å². The van der Waals surface area contributed by atoms with Crippen molar-refractivity contribution >= 4 is 29.2 Å². The normalized spacial score (nSPS) is 18.4. The number of ether oxygens (including phenoxy) is 2. The Morgan fingerprint density at radius 3 is 2.72 bits per heavy atom. The van der Waals surface area contributed by atoms with Crippen molar-refractivity contribution in [2.24, 2.45) is 5.73 Å². The lowest BCUT2D eigenvalue weighted by atomic mass is 10.1. The number of nitrogens with one attached hydrogen (secondary N) is 1. The molecule has 5 N–H and O–H groups in total. The van der Waals surface area contributed by atoms with E-state index in [-0.39, 0.29) is 18.1 Å². The van der Waals surface area contributed by atoms with Gasteiger partial charge in [0.25, 0.3) is 5.91 Å². The van der Waals surface area contributed by atoms with E-state index in [4.69, 9.17) is 20.9 Å². The van der Waals surface area contributed by atoms with Crippen molar-refractivity contribution in [3.63, 3.8) is 0 Å². The van der Waals surface area contributed by atoms with Crippen molar-refractivity contribution in [2.45, 2.75) is 25.0 Å². The molecule has 9 heteroatoms. The maximum absolute atomic E-state index is 12.5. The van der Waals surface area contributed by atoms with Crippen LogP contribution >= 0.6 is 0 Å². The van der Waals surface area contributed by atoms with E-state index >= 15 is 0 Å². The molecule has 1 aliphatic rings. The van der Waals surface area contributed by atoms with Crippen LogP contribution in [-0.4, -0.2) is 49.4 Å². The van der Waals surface area contributed by atoms with Gasteiger partial charge in [-0.3, -0.25) is 4.79 Å². The second kappa shape index (κ2) is 9.24. The quantitative estimate of drug-likeness (QED) is 0.606. The summed E-state index contributed by atoms with van der Waals surface area (Å²) in [5.74, 6) is 0.395. The Balaban J connectivity index is 1.72. The highest BCUT2D eigenvalue weighted by Crippen LogP contribution is 2.28. The first-order valence-corrected chi connectivity index (χ1v) is 9.33. The maximum Gasteiger partial charge on any atom is 0.404 e. The van der Waals surface area contributed by atoms with Crippen LogP contribution in [0.15, 0.2) is 42.6 Å². The fraction of sp³-hybridized carbons (Fsp3) is 0.350. The van der Waals surface area contributed by atoms with Gasteiger partial charge in [0.15, 0.2) is 0 Å². The van der Waals surface area contributed by atoms with E-state index in [1.165, 1.54) is 6.20 Å². The molecule has 2 amide bonds. The second-order valence-electron chi connectivity index (χ2n) is 6.75. The highest BCUT2D eigenvalue weighted by Gasteiger charge is 2.37. The van der Waals surface area contributed by atoms with E-state index in [1.807, 2.05) is 4.90 Å². The Labute approximate surface area is 169 Å². The van der Waals surface area contributed by atoms with E-state index in [2.05, 4.69) is 10.3 Å². The number of rotatable bonds is 7. The molecular weight excluding hydrogens is 374 g/mol. The van der Waals surface area contributed by atoms with Gasteiger partial charge < -0.3 is 31.2 Å². The fourth-order valence-corrected chi connectivity index (χ4v) is 3.47. The number of hydrogen-bond donors (Lipinski definition) is 3. The number of anilines is 3. The number of carbonyl (C=O) groups excluding carboxylic acids is 2. The average molecular weight is 399 g/mol. The summed E-state index contributed by atoms with van der Waals surface area (Å²) in [6.07, 6.45) is 1.70. The van der Waals surface area contributed by atoms with E-state index in [0.717, 1.165) is 0 Å². The van der Waals surface area contributed by atoms with Crippen LogP contribution in [0.2, 0.25) is 0 Å². The van der Waals surface area contributed by atoms with E-state index in [9.17, 15) is 9.59 Å². The Kier molecular flexibility index (Phi) is 6.50. The summed E-state index contributed by atoms with van der Waals surface area (Å²) >= 11 is 0. The summed E-state index contributed by atoms with van der Waals surface area (Å²) in [5, 5.41) is 2.78. The van der Waals surface area contributed by atoms with Gasteiger partial charge in [0, 0.05) is 32.9 Å². The minimum atomic E-state index is -0.792. The van der Waals surface area contributed by atoms with Crippen LogP contribution in [-0.2, 0) is 9.47 Å². The molecule has 1 aromatic heterocycles. The zero-order chi connectivity index (χ0) is 20.8. The number of para-hydroxylation sites is 2. The van der Waals surface area contributed by atoms with Crippen LogP contribution in [0.4, 0.5) is 22.0 Å². The van der Waals surface area contributed by atoms with Gasteiger partial charge in [-0.1, -0.05) is 12.1 Å². The molecule has 29 heavy (non-hydrogen) atoms. The molecule has 2 heterocycles. The highest BCUT2D eigenvalue weighted by molar-refractivity contribution is 6.05. The number of pyridine rings is 1. The second-order valence-corrected chi connectivity index (χ2v) is 6.75. The SMILES string of the molecule is COCC[C@@H]1C(OC(N)=O)CCN1c1ccc(C(=O)Nc2ccccc2N)cn1. The van der Waals surface area contributed by atoms with Crippen LogP contribution in [0.25, 0.3) is 0 Å². The van der Waals surface area contributed by atoms with Gasteiger partial charge in [-0.15, -0.1) is 0 Å². The van der Waals surface area contributed by atoms with Crippen LogP contribution in [0.1, 0.15) is 23.2 Å². The van der Waals surface area contributed by atoms with Crippen molar-refractivity contribution < 1.29 is 19.1 Å². The zero-order valence-corrected chi connectivity index (χ0v) is 16.2. The lowest BCUT2D eigenvalue weighted by molar-refractivity contribution is 0.0902. The summed E-state index contributed by atoms with van der Waals surface area (Å²) in [5.41, 5.74) is 12.5. The number of nitrogens with zero attached hydrogens (tertiary/aromatic N) is 2. The summed E-state index contributed by atoms with van der Waals surface area (Å²) in [4.78, 5) is 30.1. The van der Waals surface area contributed by atoms with Crippen LogP contribution in [0.3, 0.4) is 0 Å². The molecule has 3 rings (SSSR count).